The normalized spacial score (nSPS) is 23.1. The highest BCUT2D eigenvalue weighted by molar-refractivity contribution is 5.78. The molecule has 1 amide bonds. The third-order valence-corrected chi connectivity index (χ3v) is 4.96. The van der Waals surface area contributed by atoms with Crippen LogP contribution in [-0.4, -0.2) is 68.2 Å². The molecule has 24 heavy (non-hydrogen) atoms. The maximum absolute atomic E-state index is 12.5. The summed E-state index contributed by atoms with van der Waals surface area (Å²) >= 11 is 0. The number of morpholine rings is 1. The van der Waals surface area contributed by atoms with E-state index in [4.69, 9.17) is 4.74 Å². The van der Waals surface area contributed by atoms with Crippen LogP contribution >= 0.6 is 0 Å². The van der Waals surface area contributed by atoms with Crippen LogP contribution in [0.25, 0.3) is 0 Å². The van der Waals surface area contributed by atoms with Gasteiger partial charge in [-0.3, -0.25) is 14.6 Å². The van der Waals surface area contributed by atoms with Crippen molar-refractivity contribution in [1.82, 2.24) is 15.1 Å². The molecule has 2 saturated heterocycles. The molecule has 5 heteroatoms. The van der Waals surface area contributed by atoms with E-state index in [0.717, 1.165) is 71.9 Å². The average Bonchev–Trinajstić information content (AvgIpc) is 2.64. The van der Waals surface area contributed by atoms with Crippen molar-refractivity contribution in [3.63, 3.8) is 0 Å². The fraction of sp³-hybridized carbons (Fsp3) is 0.632. The summed E-state index contributed by atoms with van der Waals surface area (Å²) < 4.78 is 5.35. The first-order valence-corrected chi connectivity index (χ1v) is 9.15. The second-order valence-electron chi connectivity index (χ2n) is 6.80. The number of amides is 1. The number of nitrogens with one attached hydrogen (secondary N) is 1. The molecule has 1 N–H and O–H groups in total. The Hall–Kier alpha value is -1.43. The monoisotopic (exact) mass is 331 g/mol. The molecule has 0 aromatic heterocycles. The quantitative estimate of drug-likeness (QED) is 0.855. The molecule has 3 rings (SSSR count). The first kappa shape index (κ1) is 17.4. The Morgan fingerprint density at radius 3 is 2.71 bits per heavy atom. The van der Waals surface area contributed by atoms with Crippen LogP contribution < -0.4 is 5.32 Å². The molecule has 0 radical (unpaired) electrons. The van der Waals surface area contributed by atoms with Gasteiger partial charge in [0.2, 0.25) is 5.91 Å². The third kappa shape index (κ3) is 5.30. The van der Waals surface area contributed by atoms with Crippen molar-refractivity contribution in [2.75, 3.05) is 52.5 Å². The molecule has 0 spiro atoms. The van der Waals surface area contributed by atoms with Gasteiger partial charge in [0.15, 0.2) is 0 Å². The summed E-state index contributed by atoms with van der Waals surface area (Å²) in [7, 11) is 0. The third-order valence-electron chi connectivity index (χ3n) is 4.96. The molecule has 0 unspecified atom stereocenters. The maximum Gasteiger partial charge on any atom is 0.224 e. The number of hydrogen-bond acceptors (Lipinski definition) is 4. The SMILES string of the molecule is O=C(NCCN1CCOCC1)[C@H]1CCCN(Cc2ccccc2)C1. The minimum atomic E-state index is 0.132. The van der Waals surface area contributed by atoms with E-state index in [1.165, 1.54) is 5.56 Å². The molecule has 132 valence electrons. The van der Waals surface area contributed by atoms with Crippen molar-refractivity contribution in [3.8, 4) is 0 Å². The Morgan fingerprint density at radius 1 is 1.12 bits per heavy atom. The number of nitrogens with zero attached hydrogens (tertiary/aromatic N) is 2. The zero-order valence-electron chi connectivity index (χ0n) is 14.5. The number of likely N-dealkylation sites (tertiary alicyclic amines) is 1. The maximum atomic E-state index is 12.5. The molecule has 0 aliphatic carbocycles. The zero-order valence-corrected chi connectivity index (χ0v) is 14.5. The fourth-order valence-electron chi connectivity index (χ4n) is 3.56. The van der Waals surface area contributed by atoms with Gasteiger partial charge in [-0.25, -0.2) is 0 Å². The zero-order chi connectivity index (χ0) is 16.6. The first-order valence-electron chi connectivity index (χ1n) is 9.15. The van der Waals surface area contributed by atoms with Crippen LogP contribution in [0, 0.1) is 5.92 Å². The predicted octanol–water partition coefficient (Wildman–Crippen LogP) is 1.35. The second-order valence-corrected chi connectivity index (χ2v) is 6.80. The smallest absolute Gasteiger partial charge is 0.224 e. The Labute approximate surface area is 145 Å². The molecular weight excluding hydrogens is 302 g/mol. The molecule has 2 aliphatic rings. The summed E-state index contributed by atoms with van der Waals surface area (Å²) in [6.45, 7) is 8.15. The summed E-state index contributed by atoms with van der Waals surface area (Å²) in [5, 5.41) is 3.14. The standard InChI is InChI=1S/C19H29N3O2/c23-19(20-8-10-21-11-13-24-14-12-21)18-7-4-9-22(16-18)15-17-5-2-1-3-6-17/h1-3,5-6,18H,4,7-16H2,(H,20,23)/t18-/m0/s1. The molecular formula is C19H29N3O2. The van der Waals surface area contributed by atoms with Gasteiger partial charge in [0, 0.05) is 39.3 Å². The number of hydrogen-bond donors (Lipinski definition) is 1. The van der Waals surface area contributed by atoms with Gasteiger partial charge < -0.3 is 10.1 Å². The number of benzene rings is 1. The number of carbonyl (C=O) groups excluding carboxylic acids is 1. The highest BCUT2D eigenvalue weighted by Gasteiger charge is 2.25. The summed E-state index contributed by atoms with van der Waals surface area (Å²) in [6.07, 6.45) is 2.11. The lowest BCUT2D eigenvalue weighted by Crippen LogP contribution is -2.45. The van der Waals surface area contributed by atoms with Crippen molar-refractivity contribution in [3.05, 3.63) is 35.9 Å². The molecule has 0 bridgehead atoms. The van der Waals surface area contributed by atoms with E-state index in [0.29, 0.717) is 0 Å². The number of ether oxygens (including phenoxy) is 1. The summed E-state index contributed by atoms with van der Waals surface area (Å²) in [5.74, 6) is 0.355. The number of rotatable bonds is 6. The molecule has 0 saturated carbocycles. The Balaban J connectivity index is 1.39. The van der Waals surface area contributed by atoms with Crippen LogP contribution in [0.4, 0.5) is 0 Å². The van der Waals surface area contributed by atoms with E-state index >= 15 is 0 Å². The van der Waals surface area contributed by atoms with Gasteiger partial charge in [-0.2, -0.15) is 0 Å². The van der Waals surface area contributed by atoms with Gasteiger partial charge in [-0.1, -0.05) is 30.3 Å². The number of carbonyl (C=O) groups is 1. The van der Waals surface area contributed by atoms with Crippen molar-refractivity contribution in [2.45, 2.75) is 19.4 Å². The van der Waals surface area contributed by atoms with Gasteiger partial charge in [0.1, 0.15) is 0 Å². The molecule has 2 aliphatic heterocycles. The van der Waals surface area contributed by atoms with Gasteiger partial charge >= 0.3 is 0 Å². The average molecular weight is 331 g/mol. The minimum absolute atomic E-state index is 0.132. The van der Waals surface area contributed by atoms with E-state index in [-0.39, 0.29) is 11.8 Å². The van der Waals surface area contributed by atoms with Crippen molar-refractivity contribution in [2.24, 2.45) is 5.92 Å². The van der Waals surface area contributed by atoms with Crippen LogP contribution in [0.1, 0.15) is 18.4 Å². The molecule has 1 aromatic carbocycles. The largest absolute Gasteiger partial charge is 0.379 e. The summed E-state index contributed by atoms with van der Waals surface area (Å²) in [4.78, 5) is 17.2. The van der Waals surface area contributed by atoms with Crippen molar-refractivity contribution in [1.29, 1.82) is 0 Å². The Morgan fingerprint density at radius 2 is 1.92 bits per heavy atom. The van der Waals surface area contributed by atoms with E-state index < -0.39 is 0 Å². The Kier molecular flexibility index (Phi) is 6.64. The van der Waals surface area contributed by atoms with E-state index in [2.05, 4.69) is 39.4 Å². The van der Waals surface area contributed by atoms with Gasteiger partial charge in [-0.05, 0) is 24.9 Å². The first-order chi connectivity index (χ1) is 11.8. The van der Waals surface area contributed by atoms with Crippen LogP contribution in [0.3, 0.4) is 0 Å². The number of piperidine rings is 1. The summed E-state index contributed by atoms with van der Waals surface area (Å²) in [6, 6.07) is 10.5. The molecule has 5 nitrogen and oxygen atoms in total. The molecule has 2 fully saturated rings. The van der Waals surface area contributed by atoms with Crippen LogP contribution in [0.2, 0.25) is 0 Å². The van der Waals surface area contributed by atoms with Crippen LogP contribution in [-0.2, 0) is 16.1 Å². The Bertz CT molecular complexity index is 503. The predicted molar refractivity (Wildman–Crippen MR) is 94.7 cm³/mol. The van der Waals surface area contributed by atoms with Crippen molar-refractivity contribution < 1.29 is 9.53 Å². The van der Waals surface area contributed by atoms with Crippen LogP contribution in [0.15, 0.2) is 30.3 Å². The van der Waals surface area contributed by atoms with Gasteiger partial charge in [0.05, 0.1) is 19.1 Å². The lowest BCUT2D eigenvalue weighted by molar-refractivity contribution is -0.126. The van der Waals surface area contributed by atoms with E-state index in [1.54, 1.807) is 0 Å². The lowest BCUT2D eigenvalue weighted by atomic mass is 9.96. The van der Waals surface area contributed by atoms with Crippen molar-refractivity contribution >= 4 is 5.91 Å². The highest BCUT2D eigenvalue weighted by Crippen LogP contribution is 2.18. The van der Waals surface area contributed by atoms with E-state index in [1.807, 2.05) is 6.07 Å². The molecule has 1 atom stereocenters. The van der Waals surface area contributed by atoms with E-state index in [9.17, 15) is 4.79 Å². The van der Waals surface area contributed by atoms with Gasteiger partial charge in [-0.15, -0.1) is 0 Å². The van der Waals surface area contributed by atoms with Crippen LogP contribution in [0.5, 0.6) is 0 Å². The summed E-state index contributed by atoms with van der Waals surface area (Å²) in [5.41, 5.74) is 1.32. The lowest BCUT2D eigenvalue weighted by Gasteiger charge is -2.32. The molecule has 2 heterocycles. The molecule has 1 aromatic rings. The minimum Gasteiger partial charge on any atom is -0.379 e. The van der Waals surface area contributed by atoms with Gasteiger partial charge in [0.25, 0.3) is 0 Å². The fourth-order valence-corrected chi connectivity index (χ4v) is 3.56. The second kappa shape index (κ2) is 9.16. The highest BCUT2D eigenvalue weighted by atomic mass is 16.5. The topological polar surface area (TPSA) is 44.8 Å².